The van der Waals surface area contributed by atoms with Gasteiger partial charge in [0, 0.05) is 35.3 Å². The highest BCUT2D eigenvalue weighted by molar-refractivity contribution is 6.07. The van der Waals surface area contributed by atoms with Crippen molar-refractivity contribution in [3.63, 3.8) is 0 Å². The highest BCUT2D eigenvalue weighted by Crippen LogP contribution is 2.29. The fourth-order valence-corrected chi connectivity index (χ4v) is 4.02. The zero-order chi connectivity index (χ0) is 17.2. The number of carbonyl (C=O) groups excluding carboxylic acids is 1. The van der Waals surface area contributed by atoms with Crippen LogP contribution in [0.2, 0.25) is 0 Å². The highest BCUT2D eigenvalue weighted by atomic mass is 16.5. The van der Waals surface area contributed by atoms with Gasteiger partial charge in [-0.25, -0.2) is 0 Å². The number of carbonyl (C=O) groups is 1. The number of hydrogen-bond donors (Lipinski definition) is 0. The number of nitrogens with zero attached hydrogens (tertiary/aromatic N) is 2. The summed E-state index contributed by atoms with van der Waals surface area (Å²) in [6.07, 6.45) is 2.35. The third kappa shape index (κ3) is 3.27. The third-order valence-corrected chi connectivity index (χ3v) is 5.06. The smallest absolute Gasteiger partial charge is 0.303 e. The fourth-order valence-electron chi connectivity index (χ4n) is 4.02. The van der Waals surface area contributed by atoms with Crippen LogP contribution in [0.4, 0.5) is 0 Å². The van der Waals surface area contributed by atoms with E-state index in [1.807, 2.05) is 0 Å². The number of aromatic nitrogens is 1. The zero-order valence-corrected chi connectivity index (χ0v) is 14.6. The van der Waals surface area contributed by atoms with Gasteiger partial charge in [-0.1, -0.05) is 36.4 Å². The van der Waals surface area contributed by atoms with Gasteiger partial charge in [-0.15, -0.1) is 0 Å². The maximum atomic E-state index is 11.6. The van der Waals surface area contributed by atoms with Gasteiger partial charge in [0.2, 0.25) is 0 Å². The van der Waals surface area contributed by atoms with Gasteiger partial charge >= 0.3 is 5.97 Å². The van der Waals surface area contributed by atoms with E-state index in [9.17, 15) is 4.79 Å². The topological polar surface area (TPSA) is 34.5 Å². The normalized spacial score (nSPS) is 16.5. The van der Waals surface area contributed by atoms with Gasteiger partial charge in [0.1, 0.15) is 6.10 Å². The van der Waals surface area contributed by atoms with Gasteiger partial charge < -0.3 is 9.30 Å². The molecule has 0 bridgehead atoms. The number of benzene rings is 2. The summed E-state index contributed by atoms with van der Waals surface area (Å²) in [6, 6.07) is 16.9. The monoisotopic (exact) mass is 336 g/mol. The number of hydrogen-bond acceptors (Lipinski definition) is 3. The van der Waals surface area contributed by atoms with E-state index < -0.39 is 0 Å². The molecule has 0 saturated carbocycles. The van der Waals surface area contributed by atoms with Crippen LogP contribution in [0, 0.1) is 0 Å². The van der Waals surface area contributed by atoms with Crippen molar-refractivity contribution in [2.45, 2.75) is 32.4 Å². The summed E-state index contributed by atoms with van der Waals surface area (Å²) in [5.41, 5.74) is 2.39. The lowest BCUT2D eigenvalue weighted by Gasteiger charge is -2.24. The molecule has 2 heterocycles. The maximum absolute atomic E-state index is 11.6. The van der Waals surface area contributed by atoms with Crippen LogP contribution in [-0.2, 0) is 16.1 Å². The number of ether oxygens (including phenoxy) is 1. The second kappa shape index (κ2) is 6.89. The van der Waals surface area contributed by atoms with Crippen LogP contribution in [0.25, 0.3) is 21.8 Å². The molecule has 4 rings (SSSR count). The molecular formula is C21H24N2O2. The van der Waals surface area contributed by atoms with E-state index in [4.69, 9.17) is 4.74 Å². The first-order chi connectivity index (χ1) is 12.2. The van der Waals surface area contributed by atoms with Gasteiger partial charge in [0.25, 0.3) is 0 Å². The number of esters is 1. The van der Waals surface area contributed by atoms with Gasteiger partial charge in [-0.2, -0.15) is 0 Å². The van der Waals surface area contributed by atoms with Crippen molar-refractivity contribution < 1.29 is 9.53 Å². The Bertz CT molecular complexity index is 840. The summed E-state index contributed by atoms with van der Waals surface area (Å²) in [4.78, 5) is 14.0. The van der Waals surface area contributed by atoms with Gasteiger partial charge in [0.15, 0.2) is 0 Å². The van der Waals surface area contributed by atoms with E-state index in [2.05, 4.69) is 58.0 Å². The number of fused-ring (bicyclic) bond motifs is 3. The summed E-state index contributed by atoms with van der Waals surface area (Å²) in [5, 5.41) is 2.50. The van der Waals surface area contributed by atoms with Crippen molar-refractivity contribution in [2.24, 2.45) is 0 Å². The quantitative estimate of drug-likeness (QED) is 0.664. The summed E-state index contributed by atoms with van der Waals surface area (Å²) in [7, 11) is 0. The lowest BCUT2D eigenvalue weighted by Crippen LogP contribution is -2.35. The predicted octanol–water partition coefficient (Wildman–Crippen LogP) is 3.82. The van der Waals surface area contributed by atoms with Crippen LogP contribution < -0.4 is 0 Å². The number of rotatable bonds is 5. The molecule has 4 nitrogen and oxygen atoms in total. The van der Waals surface area contributed by atoms with E-state index in [-0.39, 0.29) is 12.1 Å². The molecular weight excluding hydrogens is 312 g/mol. The molecule has 1 fully saturated rings. The Balaban J connectivity index is 1.71. The predicted molar refractivity (Wildman–Crippen MR) is 101 cm³/mol. The van der Waals surface area contributed by atoms with E-state index in [1.54, 1.807) is 0 Å². The van der Waals surface area contributed by atoms with Crippen LogP contribution in [-0.4, -0.2) is 41.2 Å². The Labute approximate surface area is 148 Å². The zero-order valence-electron chi connectivity index (χ0n) is 14.6. The maximum Gasteiger partial charge on any atom is 0.303 e. The number of para-hydroxylation sites is 2. The minimum Gasteiger partial charge on any atom is -0.459 e. The molecule has 3 aromatic rings. The van der Waals surface area contributed by atoms with E-state index in [1.165, 1.54) is 41.6 Å². The van der Waals surface area contributed by atoms with Crippen LogP contribution in [0.5, 0.6) is 0 Å². The fraction of sp³-hybridized carbons (Fsp3) is 0.381. The highest BCUT2D eigenvalue weighted by Gasteiger charge is 2.22. The molecule has 2 aromatic carbocycles. The molecule has 0 unspecified atom stereocenters. The molecule has 1 aliphatic rings. The van der Waals surface area contributed by atoms with E-state index in [0.717, 1.165) is 19.6 Å². The second-order valence-electron chi connectivity index (χ2n) is 6.88. The largest absolute Gasteiger partial charge is 0.459 e. The van der Waals surface area contributed by atoms with E-state index in [0.29, 0.717) is 6.54 Å². The van der Waals surface area contributed by atoms with Crippen molar-refractivity contribution in [1.29, 1.82) is 0 Å². The van der Waals surface area contributed by atoms with Crippen LogP contribution >= 0.6 is 0 Å². The lowest BCUT2D eigenvalue weighted by molar-refractivity contribution is -0.147. The summed E-state index contributed by atoms with van der Waals surface area (Å²) in [5.74, 6) is -0.204. The minimum absolute atomic E-state index is 0.130. The summed E-state index contributed by atoms with van der Waals surface area (Å²) < 4.78 is 7.98. The molecule has 0 radical (unpaired) electrons. The summed E-state index contributed by atoms with van der Waals surface area (Å²) >= 11 is 0. The van der Waals surface area contributed by atoms with Crippen LogP contribution in [0.3, 0.4) is 0 Å². The lowest BCUT2D eigenvalue weighted by atomic mass is 10.2. The average molecular weight is 336 g/mol. The van der Waals surface area contributed by atoms with Gasteiger partial charge in [-0.05, 0) is 38.1 Å². The van der Waals surface area contributed by atoms with Crippen molar-refractivity contribution in [2.75, 3.05) is 19.6 Å². The third-order valence-electron chi connectivity index (χ3n) is 5.06. The Hall–Kier alpha value is -2.33. The first-order valence-corrected chi connectivity index (χ1v) is 9.08. The van der Waals surface area contributed by atoms with E-state index >= 15 is 0 Å². The molecule has 130 valence electrons. The van der Waals surface area contributed by atoms with Gasteiger partial charge in [-0.3, -0.25) is 9.69 Å². The van der Waals surface area contributed by atoms with Crippen LogP contribution in [0.1, 0.15) is 19.8 Å². The standard InChI is InChI=1S/C21H24N2O2/c1-16(24)25-17(14-22-12-6-7-13-22)15-23-20-10-4-2-8-18(20)19-9-3-5-11-21(19)23/h2-5,8-11,17H,6-7,12-15H2,1H3/t17-/m0/s1. The SMILES string of the molecule is CC(=O)O[C@@H](CN1CCCC1)Cn1c2ccccc2c2ccccc21. The molecule has 25 heavy (non-hydrogen) atoms. The van der Waals surface area contributed by atoms with Crippen molar-refractivity contribution in [1.82, 2.24) is 9.47 Å². The Morgan fingerprint density at radius 1 is 0.960 bits per heavy atom. The molecule has 1 saturated heterocycles. The molecule has 1 aliphatic heterocycles. The van der Waals surface area contributed by atoms with Crippen molar-refractivity contribution in [3.8, 4) is 0 Å². The molecule has 0 N–H and O–H groups in total. The Morgan fingerprint density at radius 3 is 2.08 bits per heavy atom. The number of likely N-dealkylation sites (tertiary alicyclic amines) is 1. The van der Waals surface area contributed by atoms with Crippen molar-refractivity contribution >= 4 is 27.8 Å². The summed E-state index contributed by atoms with van der Waals surface area (Å²) in [6.45, 7) is 5.20. The molecule has 4 heteroatoms. The Morgan fingerprint density at radius 2 is 1.52 bits per heavy atom. The Kier molecular flexibility index (Phi) is 4.45. The molecule has 0 spiro atoms. The molecule has 0 amide bonds. The second-order valence-corrected chi connectivity index (χ2v) is 6.88. The first kappa shape index (κ1) is 16.2. The van der Waals surface area contributed by atoms with Crippen molar-refractivity contribution in [3.05, 3.63) is 48.5 Å². The average Bonchev–Trinajstić information content (AvgIpc) is 3.22. The van der Waals surface area contributed by atoms with Gasteiger partial charge in [0.05, 0.1) is 6.54 Å². The first-order valence-electron chi connectivity index (χ1n) is 9.08. The molecule has 1 atom stereocenters. The van der Waals surface area contributed by atoms with Crippen LogP contribution in [0.15, 0.2) is 48.5 Å². The molecule has 0 aliphatic carbocycles. The minimum atomic E-state index is -0.204. The molecule has 1 aromatic heterocycles.